The van der Waals surface area contributed by atoms with Crippen LogP contribution in [-0.4, -0.2) is 56.8 Å². The molecule has 1 aromatic rings. The second-order valence-electron chi connectivity index (χ2n) is 7.29. The Morgan fingerprint density at radius 2 is 1.81 bits per heavy atom. The predicted octanol–water partition coefficient (Wildman–Crippen LogP) is 2.62. The van der Waals surface area contributed by atoms with Crippen LogP contribution in [0.4, 0.5) is 23.9 Å². The van der Waals surface area contributed by atoms with E-state index in [1.807, 2.05) is 0 Å². The molecular formula is C16H21F3N4O4. The summed E-state index contributed by atoms with van der Waals surface area (Å²) < 4.78 is 43.0. The number of nitrogens with zero attached hydrogens (tertiary/aromatic N) is 3. The van der Waals surface area contributed by atoms with Gasteiger partial charge in [0.2, 0.25) is 5.95 Å². The van der Waals surface area contributed by atoms with Gasteiger partial charge in [-0.05, 0) is 27.2 Å². The van der Waals surface area contributed by atoms with Gasteiger partial charge in [0.1, 0.15) is 5.60 Å². The maximum Gasteiger partial charge on any atom is 0.419 e. The lowest BCUT2D eigenvalue weighted by Gasteiger charge is -2.37. The van der Waals surface area contributed by atoms with Crippen LogP contribution in [0.25, 0.3) is 0 Å². The number of hydrogen-bond acceptors (Lipinski definition) is 6. The van der Waals surface area contributed by atoms with Gasteiger partial charge < -0.3 is 20.1 Å². The van der Waals surface area contributed by atoms with Gasteiger partial charge in [0.25, 0.3) is 0 Å². The first-order valence-electron chi connectivity index (χ1n) is 8.21. The van der Waals surface area contributed by atoms with Gasteiger partial charge in [-0.1, -0.05) is 0 Å². The molecule has 0 bridgehead atoms. The number of carboxylic acid groups (broad SMARTS) is 1. The van der Waals surface area contributed by atoms with Crippen LogP contribution in [0.15, 0.2) is 12.4 Å². The van der Waals surface area contributed by atoms with Crippen molar-refractivity contribution in [2.75, 3.05) is 18.4 Å². The Bertz CT molecular complexity index is 688. The number of ether oxygens (including phenoxy) is 1. The Kier molecular flexibility index (Phi) is 5.81. The highest BCUT2D eigenvalue weighted by Crippen LogP contribution is 2.28. The van der Waals surface area contributed by atoms with Crippen LogP contribution in [0.3, 0.4) is 0 Å². The lowest BCUT2D eigenvalue weighted by molar-refractivity contribution is -0.143. The van der Waals surface area contributed by atoms with Crippen molar-refractivity contribution < 1.29 is 32.6 Å². The summed E-state index contributed by atoms with van der Waals surface area (Å²) in [6.07, 6.45) is -3.77. The summed E-state index contributed by atoms with van der Waals surface area (Å²) >= 11 is 0. The molecule has 150 valence electrons. The number of alkyl halides is 3. The quantitative estimate of drug-likeness (QED) is 0.817. The fourth-order valence-corrected chi connectivity index (χ4v) is 2.59. The molecule has 2 heterocycles. The second kappa shape index (κ2) is 7.57. The van der Waals surface area contributed by atoms with Gasteiger partial charge in [-0.25, -0.2) is 14.8 Å². The Morgan fingerprint density at radius 1 is 1.22 bits per heavy atom. The van der Waals surface area contributed by atoms with Crippen LogP contribution in [0.2, 0.25) is 0 Å². The van der Waals surface area contributed by atoms with Crippen molar-refractivity contribution in [2.24, 2.45) is 5.92 Å². The Labute approximate surface area is 153 Å². The average molecular weight is 390 g/mol. The zero-order valence-electron chi connectivity index (χ0n) is 15.1. The lowest BCUT2D eigenvalue weighted by atomic mass is 9.94. The van der Waals surface area contributed by atoms with Crippen molar-refractivity contribution in [3.63, 3.8) is 0 Å². The van der Waals surface area contributed by atoms with Gasteiger partial charge >= 0.3 is 18.2 Å². The standard InChI is InChI=1S/C16H21F3N4O4/c1-15(2,3)27-14(26)23-7-9(12(24)25)4-11(8-23)22-13-20-5-10(6-21-13)16(17,18)19/h5-6,9,11H,4,7-8H2,1-3H3,(H,24,25)(H,20,21,22)/t9-,11-/m0/s1. The first kappa shape index (κ1) is 20.7. The van der Waals surface area contributed by atoms with E-state index in [2.05, 4.69) is 15.3 Å². The van der Waals surface area contributed by atoms with Crippen molar-refractivity contribution in [3.8, 4) is 0 Å². The van der Waals surface area contributed by atoms with Crippen molar-refractivity contribution >= 4 is 18.0 Å². The van der Waals surface area contributed by atoms with Crippen LogP contribution in [-0.2, 0) is 15.7 Å². The van der Waals surface area contributed by atoms with Gasteiger partial charge in [0, 0.05) is 31.5 Å². The summed E-state index contributed by atoms with van der Waals surface area (Å²) in [6, 6.07) is -0.552. The van der Waals surface area contributed by atoms with Gasteiger partial charge in [-0.3, -0.25) is 4.79 Å². The molecule has 27 heavy (non-hydrogen) atoms. The molecule has 1 aliphatic heterocycles. The number of amides is 1. The maximum absolute atomic E-state index is 12.6. The smallest absolute Gasteiger partial charge is 0.419 e. The molecule has 2 N–H and O–H groups in total. The third kappa shape index (κ3) is 5.97. The van der Waals surface area contributed by atoms with E-state index in [4.69, 9.17) is 4.74 Å². The van der Waals surface area contributed by atoms with E-state index in [0.717, 1.165) is 0 Å². The Morgan fingerprint density at radius 3 is 2.30 bits per heavy atom. The monoisotopic (exact) mass is 390 g/mol. The zero-order valence-corrected chi connectivity index (χ0v) is 15.1. The van der Waals surface area contributed by atoms with Gasteiger partial charge in [0.05, 0.1) is 11.5 Å². The molecule has 8 nitrogen and oxygen atoms in total. The summed E-state index contributed by atoms with van der Waals surface area (Å²) in [5, 5.41) is 12.1. The van der Waals surface area contributed by atoms with Crippen LogP contribution >= 0.6 is 0 Å². The fraction of sp³-hybridized carbons (Fsp3) is 0.625. The highest BCUT2D eigenvalue weighted by molar-refractivity contribution is 5.73. The third-order valence-corrected chi connectivity index (χ3v) is 3.76. The van der Waals surface area contributed by atoms with E-state index in [9.17, 15) is 27.9 Å². The van der Waals surface area contributed by atoms with E-state index >= 15 is 0 Å². The molecule has 1 saturated heterocycles. The first-order valence-corrected chi connectivity index (χ1v) is 8.21. The van der Waals surface area contributed by atoms with Gasteiger partial charge in [-0.15, -0.1) is 0 Å². The molecule has 0 aliphatic carbocycles. The normalized spacial score (nSPS) is 20.9. The van der Waals surface area contributed by atoms with Crippen LogP contribution in [0, 0.1) is 5.92 Å². The number of likely N-dealkylation sites (tertiary alicyclic amines) is 1. The number of anilines is 1. The van der Waals surface area contributed by atoms with E-state index in [1.54, 1.807) is 20.8 Å². The number of carbonyl (C=O) groups is 2. The number of aliphatic carboxylic acids is 1. The number of halogens is 3. The van der Waals surface area contributed by atoms with Crippen molar-refractivity contribution in [1.29, 1.82) is 0 Å². The van der Waals surface area contributed by atoms with Crippen LogP contribution in [0.1, 0.15) is 32.8 Å². The van der Waals surface area contributed by atoms with Gasteiger partial charge in [-0.2, -0.15) is 13.2 Å². The lowest BCUT2D eigenvalue weighted by Crippen LogP contribution is -2.51. The number of rotatable bonds is 3. The van der Waals surface area contributed by atoms with E-state index in [-0.39, 0.29) is 25.5 Å². The summed E-state index contributed by atoms with van der Waals surface area (Å²) in [5.41, 5.74) is -1.73. The van der Waals surface area contributed by atoms with E-state index < -0.39 is 41.4 Å². The number of piperidine rings is 1. The number of aromatic nitrogens is 2. The summed E-state index contributed by atoms with van der Waals surface area (Å²) in [7, 11) is 0. The summed E-state index contributed by atoms with van der Waals surface area (Å²) in [6.45, 7) is 5.17. The SMILES string of the molecule is CC(C)(C)OC(=O)N1C[C@@H](Nc2ncc(C(F)(F)F)cn2)C[C@H](C(=O)O)C1. The minimum atomic E-state index is -4.55. The molecule has 0 saturated carbocycles. The number of hydrogen-bond donors (Lipinski definition) is 2. The zero-order chi connectivity index (χ0) is 20.4. The van der Waals surface area contributed by atoms with E-state index in [0.29, 0.717) is 12.4 Å². The number of carboxylic acids is 1. The van der Waals surface area contributed by atoms with Crippen molar-refractivity contribution in [2.45, 2.75) is 45.0 Å². The minimum absolute atomic E-state index is 0.0176. The largest absolute Gasteiger partial charge is 0.481 e. The second-order valence-corrected chi connectivity index (χ2v) is 7.29. The molecular weight excluding hydrogens is 369 g/mol. The van der Waals surface area contributed by atoms with Crippen LogP contribution in [0.5, 0.6) is 0 Å². The molecule has 2 rings (SSSR count). The topological polar surface area (TPSA) is 105 Å². The molecule has 11 heteroatoms. The molecule has 0 spiro atoms. The molecule has 1 aromatic heterocycles. The highest BCUT2D eigenvalue weighted by atomic mass is 19.4. The number of nitrogens with one attached hydrogen (secondary N) is 1. The van der Waals surface area contributed by atoms with Crippen LogP contribution < -0.4 is 5.32 Å². The van der Waals surface area contributed by atoms with Crippen molar-refractivity contribution in [3.05, 3.63) is 18.0 Å². The van der Waals surface area contributed by atoms with E-state index in [1.165, 1.54) is 4.90 Å². The highest BCUT2D eigenvalue weighted by Gasteiger charge is 2.36. The predicted molar refractivity (Wildman–Crippen MR) is 88.0 cm³/mol. The fourth-order valence-electron chi connectivity index (χ4n) is 2.59. The maximum atomic E-state index is 12.6. The van der Waals surface area contributed by atoms with Crippen molar-refractivity contribution in [1.82, 2.24) is 14.9 Å². The molecule has 0 aromatic carbocycles. The minimum Gasteiger partial charge on any atom is -0.481 e. The Hall–Kier alpha value is -2.59. The molecule has 1 fully saturated rings. The average Bonchev–Trinajstić information content (AvgIpc) is 2.52. The third-order valence-electron chi connectivity index (χ3n) is 3.76. The molecule has 1 aliphatic rings. The molecule has 0 radical (unpaired) electrons. The molecule has 2 atom stereocenters. The summed E-state index contributed by atoms with van der Waals surface area (Å²) in [5.74, 6) is -2.01. The molecule has 1 amide bonds. The first-order chi connectivity index (χ1) is 12.3. The summed E-state index contributed by atoms with van der Waals surface area (Å²) in [4.78, 5) is 32.1. The van der Waals surface area contributed by atoms with Gasteiger partial charge in [0.15, 0.2) is 0 Å². The Balaban J connectivity index is 2.10. The number of carbonyl (C=O) groups excluding carboxylic acids is 1. The molecule has 0 unspecified atom stereocenters.